The Labute approximate surface area is 211 Å². The topological polar surface area (TPSA) is 22.1 Å². The lowest BCUT2D eigenvalue weighted by molar-refractivity contribution is 0.702. The van der Waals surface area contributed by atoms with Crippen molar-refractivity contribution in [3.05, 3.63) is 96.1 Å². The van der Waals surface area contributed by atoms with Crippen LogP contribution in [0.5, 0.6) is 0 Å². The average Bonchev–Trinajstić information content (AvgIpc) is 3.34. The first-order valence-electron chi connectivity index (χ1n) is 13.0. The number of hydrogen-bond acceptors (Lipinski definition) is 4. The van der Waals surface area contributed by atoms with E-state index in [1.54, 1.807) is 0 Å². The van der Waals surface area contributed by atoms with Crippen molar-refractivity contribution >= 4 is 28.8 Å². The summed E-state index contributed by atoms with van der Waals surface area (Å²) in [5.41, 5.74) is 7.36. The van der Waals surface area contributed by atoms with Crippen LogP contribution in [0, 0.1) is 0 Å². The van der Waals surface area contributed by atoms with Gasteiger partial charge in [0.05, 0.1) is 17.4 Å². The molecule has 0 N–H and O–H groups in total. The molecule has 35 heavy (non-hydrogen) atoms. The number of para-hydroxylation sites is 3. The third kappa shape index (κ3) is 5.43. The van der Waals surface area contributed by atoms with Gasteiger partial charge in [-0.15, -0.1) is 0 Å². The highest BCUT2D eigenvalue weighted by atomic mass is 15.5. The summed E-state index contributed by atoms with van der Waals surface area (Å²) in [6.07, 6.45) is 5.31. The molecule has 0 aromatic heterocycles. The van der Waals surface area contributed by atoms with Crippen LogP contribution in [0.4, 0.5) is 17.1 Å². The maximum atomic E-state index is 5.13. The minimum atomic E-state index is 0.159. The zero-order valence-corrected chi connectivity index (χ0v) is 21.6. The van der Waals surface area contributed by atoms with E-state index < -0.39 is 0 Å². The van der Waals surface area contributed by atoms with Crippen LogP contribution in [-0.2, 0) is 0 Å². The summed E-state index contributed by atoms with van der Waals surface area (Å²) in [7, 11) is 0. The zero-order valence-electron chi connectivity index (χ0n) is 21.6. The lowest BCUT2D eigenvalue weighted by Gasteiger charge is -2.30. The smallest absolute Gasteiger partial charge is 0.0851 e. The Hall–Kier alpha value is -3.53. The Morgan fingerprint density at radius 3 is 1.97 bits per heavy atom. The van der Waals surface area contributed by atoms with Crippen molar-refractivity contribution in [2.24, 2.45) is 5.10 Å². The van der Waals surface area contributed by atoms with Gasteiger partial charge >= 0.3 is 0 Å². The van der Waals surface area contributed by atoms with E-state index in [1.165, 1.54) is 22.5 Å². The molecule has 1 aliphatic rings. The van der Waals surface area contributed by atoms with Gasteiger partial charge in [0, 0.05) is 49.5 Å². The molecule has 3 aromatic carbocycles. The van der Waals surface area contributed by atoms with Gasteiger partial charge in [-0.25, -0.2) is 0 Å². The fourth-order valence-corrected chi connectivity index (χ4v) is 4.98. The molecular formula is C31H38N4. The number of benzene rings is 3. The molecule has 0 fully saturated rings. The fourth-order valence-electron chi connectivity index (χ4n) is 4.98. The largest absolute Gasteiger partial charge is 0.372 e. The monoisotopic (exact) mass is 466 g/mol. The molecule has 1 unspecified atom stereocenters. The third-order valence-corrected chi connectivity index (χ3v) is 6.85. The third-order valence-electron chi connectivity index (χ3n) is 6.85. The fraction of sp³-hybridized carbons (Fsp3) is 0.323. The Morgan fingerprint density at radius 2 is 1.29 bits per heavy atom. The van der Waals surface area contributed by atoms with E-state index in [1.807, 2.05) is 0 Å². The van der Waals surface area contributed by atoms with Crippen LogP contribution in [-0.4, -0.2) is 31.9 Å². The van der Waals surface area contributed by atoms with E-state index in [9.17, 15) is 0 Å². The van der Waals surface area contributed by atoms with E-state index in [2.05, 4.69) is 134 Å². The van der Waals surface area contributed by atoms with Gasteiger partial charge in [0.25, 0.3) is 0 Å². The number of hydrazone groups is 1. The highest BCUT2D eigenvalue weighted by Crippen LogP contribution is 2.39. The minimum Gasteiger partial charge on any atom is -0.372 e. The van der Waals surface area contributed by atoms with Crippen LogP contribution < -0.4 is 14.8 Å². The van der Waals surface area contributed by atoms with Gasteiger partial charge < -0.3 is 9.80 Å². The second kappa shape index (κ2) is 11.7. The van der Waals surface area contributed by atoms with E-state index in [4.69, 9.17) is 5.10 Å². The summed E-state index contributed by atoms with van der Waals surface area (Å²) in [6, 6.07) is 28.2. The lowest BCUT2D eigenvalue weighted by Crippen LogP contribution is -2.26. The Balaban J connectivity index is 1.70. The van der Waals surface area contributed by atoms with Gasteiger partial charge in [-0.2, -0.15) is 5.10 Å². The Kier molecular flexibility index (Phi) is 8.25. The van der Waals surface area contributed by atoms with Crippen LogP contribution in [0.15, 0.2) is 90.0 Å². The van der Waals surface area contributed by atoms with Crippen molar-refractivity contribution in [2.75, 3.05) is 41.0 Å². The van der Waals surface area contributed by atoms with Gasteiger partial charge in [0.1, 0.15) is 0 Å². The minimum absolute atomic E-state index is 0.159. The summed E-state index contributed by atoms with van der Waals surface area (Å²) >= 11 is 0. The Morgan fingerprint density at radius 1 is 0.714 bits per heavy atom. The molecular weight excluding hydrogens is 428 g/mol. The van der Waals surface area contributed by atoms with Crippen molar-refractivity contribution in [1.82, 2.24) is 0 Å². The average molecular weight is 467 g/mol. The summed E-state index contributed by atoms with van der Waals surface area (Å²) in [5.74, 6) is 0. The van der Waals surface area contributed by atoms with E-state index in [0.717, 1.165) is 44.0 Å². The highest BCUT2D eigenvalue weighted by Gasteiger charge is 2.30. The molecule has 4 heteroatoms. The van der Waals surface area contributed by atoms with Crippen LogP contribution in [0.1, 0.15) is 51.3 Å². The molecule has 0 saturated heterocycles. The molecule has 0 spiro atoms. The molecule has 3 aromatic rings. The number of rotatable bonds is 10. The van der Waals surface area contributed by atoms with Crippen LogP contribution in [0.25, 0.3) is 6.08 Å². The van der Waals surface area contributed by atoms with Crippen LogP contribution >= 0.6 is 0 Å². The molecule has 0 amide bonds. The molecule has 0 saturated carbocycles. The summed E-state index contributed by atoms with van der Waals surface area (Å²) in [5, 5.41) is 7.34. The molecule has 0 aliphatic carbocycles. The lowest BCUT2D eigenvalue weighted by atomic mass is 9.98. The summed E-state index contributed by atoms with van der Waals surface area (Å²) in [6.45, 7) is 12.8. The van der Waals surface area contributed by atoms with Crippen LogP contribution in [0.3, 0.4) is 0 Å². The van der Waals surface area contributed by atoms with Crippen molar-refractivity contribution in [3.8, 4) is 0 Å². The SMILES string of the molecule is CCN(CC)c1ccccc1/C=C/C1=NN(c2ccccc2)C(c2ccccc2N(CC)CC)C1. The van der Waals surface area contributed by atoms with Crippen LogP contribution in [0.2, 0.25) is 0 Å². The number of nitrogens with zero attached hydrogens (tertiary/aromatic N) is 4. The highest BCUT2D eigenvalue weighted by molar-refractivity contribution is 6.01. The summed E-state index contributed by atoms with van der Waals surface area (Å²) < 4.78 is 0. The van der Waals surface area contributed by atoms with Crippen molar-refractivity contribution < 1.29 is 0 Å². The second-order valence-corrected chi connectivity index (χ2v) is 8.79. The van der Waals surface area contributed by atoms with Gasteiger partial charge in [-0.05, 0) is 63.6 Å². The zero-order chi connectivity index (χ0) is 24.6. The first-order valence-corrected chi connectivity index (χ1v) is 13.0. The molecule has 4 rings (SSSR count). The molecule has 182 valence electrons. The number of allylic oxidation sites excluding steroid dienone is 1. The first kappa shape index (κ1) is 24.6. The normalized spacial score (nSPS) is 15.5. The van der Waals surface area contributed by atoms with Gasteiger partial charge in [-0.3, -0.25) is 5.01 Å². The molecule has 0 bridgehead atoms. The maximum absolute atomic E-state index is 5.13. The molecule has 0 radical (unpaired) electrons. The van der Waals surface area contributed by atoms with E-state index in [-0.39, 0.29) is 6.04 Å². The van der Waals surface area contributed by atoms with Gasteiger partial charge in [-0.1, -0.05) is 60.7 Å². The van der Waals surface area contributed by atoms with E-state index >= 15 is 0 Å². The summed E-state index contributed by atoms with van der Waals surface area (Å²) in [4.78, 5) is 4.84. The molecule has 1 heterocycles. The molecule has 4 nitrogen and oxygen atoms in total. The standard InChI is InChI=1S/C31H38N4/c1-5-33(6-2)29-20-14-12-16-25(29)22-23-26-24-31(35(32-26)27-17-10-9-11-18-27)28-19-13-15-21-30(28)34(7-3)8-4/h9-23,31H,5-8,24H2,1-4H3/b23-22+. The first-order chi connectivity index (χ1) is 17.2. The molecule has 1 aliphatic heterocycles. The number of hydrogen-bond donors (Lipinski definition) is 0. The van der Waals surface area contributed by atoms with E-state index in [0.29, 0.717) is 0 Å². The predicted molar refractivity (Wildman–Crippen MR) is 153 cm³/mol. The quantitative estimate of drug-likeness (QED) is 0.311. The number of anilines is 3. The Bertz CT molecular complexity index is 1140. The van der Waals surface area contributed by atoms with Gasteiger partial charge in [0.2, 0.25) is 0 Å². The van der Waals surface area contributed by atoms with Gasteiger partial charge in [0.15, 0.2) is 0 Å². The molecule has 1 atom stereocenters. The maximum Gasteiger partial charge on any atom is 0.0851 e. The predicted octanol–water partition coefficient (Wildman–Crippen LogP) is 7.40. The van der Waals surface area contributed by atoms with Crippen molar-refractivity contribution in [2.45, 2.75) is 40.2 Å². The van der Waals surface area contributed by atoms with Crippen molar-refractivity contribution in [3.63, 3.8) is 0 Å². The second-order valence-electron chi connectivity index (χ2n) is 8.79. The van der Waals surface area contributed by atoms with Crippen molar-refractivity contribution in [1.29, 1.82) is 0 Å².